The Balaban J connectivity index is 0.000000471. The number of fused-ring (bicyclic) bond motifs is 2. The molecule has 6 heteroatoms. The van der Waals surface area contributed by atoms with Crippen molar-refractivity contribution < 1.29 is 4.79 Å². The van der Waals surface area contributed by atoms with Crippen molar-refractivity contribution in [3.63, 3.8) is 0 Å². The molecule has 164 valence electrons. The normalized spacial score (nSPS) is 10.8. The fraction of sp³-hybridized carbons (Fsp3) is 0.0741. The summed E-state index contributed by atoms with van der Waals surface area (Å²) in [4.78, 5) is 32.1. The summed E-state index contributed by atoms with van der Waals surface area (Å²) in [5.74, 6) is 0.597. The van der Waals surface area contributed by atoms with Crippen molar-refractivity contribution in [2.24, 2.45) is 0 Å². The molecule has 5 rings (SSSR count). The van der Waals surface area contributed by atoms with E-state index in [1.54, 1.807) is 18.7 Å². The third-order valence-corrected chi connectivity index (χ3v) is 5.06. The number of carbonyl (C=O) groups excluding carboxylic acids is 1. The molecule has 1 amide bonds. The molecule has 0 saturated carbocycles. The Kier molecular flexibility index (Phi) is 6.45. The molecule has 2 aromatic heterocycles. The molecule has 0 aliphatic heterocycles. The van der Waals surface area contributed by atoms with Crippen LogP contribution in [-0.2, 0) is 4.79 Å². The minimum atomic E-state index is -0.0737. The molecular weight excluding hydrogens is 412 g/mol. The van der Waals surface area contributed by atoms with Gasteiger partial charge in [-0.2, -0.15) is 0 Å². The lowest BCUT2D eigenvalue weighted by atomic mass is 10.1. The smallest absolute Gasteiger partial charge is 0.266 e. The standard InChI is InChI=1S/C24H17N3O.C3H7NO/c28-24-20-11-5-7-13-22(20)26-23(27(24)18-8-2-1-3-9-18)15-14-17-16-25-21-12-6-4-10-19(17)21;1-4(2)3-5/h1-16,25H;3H,1-2H3/b15-14+;. The molecule has 0 aliphatic rings. The Hall–Kier alpha value is -4.45. The maximum atomic E-state index is 13.2. The number of para-hydroxylation sites is 3. The summed E-state index contributed by atoms with van der Waals surface area (Å²) in [6.07, 6.45) is 6.61. The quantitative estimate of drug-likeness (QED) is 0.414. The Bertz CT molecular complexity index is 1480. The third kappa shape index (κ3) is 4.75. The lowest BCUT2D eigenvalue weighted by Crippen LogP contribution is -2.22. The van der Waals surface area contributed by atoms with Gasteiger partial charge in [0.1, 0.15) is 5.82 Å². The highest BCUT2D eigenvalue weighted by molar-refractivity contribution is 5.91. The predicted octanol–water partition coefficient (Wildman–Crippen LogP) is 4.74. The van der Waals surface area contributed by atoms with Crippen LogP contribution in [0.1, 0.15) is 11.4 Å². The SMILES string of the molecule is CN(C)C=O.O=c1c2ccccc2nc(/C=C/c2c[nH]c3ccccc23)n1-c1ccccc1. The number of amides is 1. The molecule has 0 aliphatic carbocycles. The molecule has 0 spiro atoms. The van der Waals surface area contributed by atoms with E-state index in [-0.39, 0.29) is 5.56 Å². The lowest BCUT2D eigenvalue weighted by molar-refractivity contribution is -0.115. The maximum Gasteiger partial charge on any atom is 0.266 e. The molecule has 0 unspecified atom stereocenters. The minimum Gasteiger partial charge on any atom is -0.361 e. The number of nitrogens with zero attached hydrogens (tertiary/aromatic N) is 3. The molecule has 3 aromatic carbocycles. The van der Waals surface area contributed by atoms with Crippen molar-refractivity contribution in [2.75, 3.05) is 14.1 Å². The highest BCUT2D eigenvalue weighted by Crippen LogP contribution is 2.21. The summed E-state index contributed by atoms with van der Waals surface area (Å²) in [5.41, 5.74) is 3.55. The highest BCUT2D eigenvalue weighted by Gasteiger charge is 2.11. The summed E-state index contributed by atoms with van der Waals surface area (Å²) >= 11 is 0. The van der Waals surface area contributed by atoms with Crippen LogP contribution in [0.2, 0.25) is 0 Å². The molecule has 0 bridgehead atoms. The first-order valence-electron chi connectivity index (χ1n) is 10.5. The molecule has 6 nitrogen and oxygen atoms in total. The van der Waals surface area contributed by atoms with Crippen molar-refractivity contribution in [1.82, 2.24) is 19.4 Å². The van der Waals surface area contributed by atoms with E-state index in [1.165, 1.54) is 4.90 Å². The molecule has 0 radical (unpaired) electrons. The van der Waals surface area contributed by atoms with Crippen LogP contribution < -0.4 is 5.56 Å². The summed E-state index contributed by atoms with van der Waals surface area (Å²) < 4.78 is 1.66. The summed E-state index contributed by atoms with van der Waals surface area (Å²) in [7, 11) is 3.38. The number of aromatic nitrogens is 3. The van der Waals surface area contributed by atoms with Gasteiger partial charge < -0.3 is 9.88 Å². The van der Waals surface area contributed by atoms with Gasteiger partial charge in [-0.15, -0.1) is 0 Å². The van der Waals surface area contributed by atoms with Crippen LogP contribution in [0.15, 0.2) is 89.9 Å². The highest BCUT2D eigenvalue weighted by atomic mass is 16.1. The van der Waals surface area contributed by atoms with E-state index in [9.17, 15) is 9.59 Å². The third-order valence-electron chi connectivity index (χ3n) is 5.06. The molecular formula is C27H24N4O2. The van der Waals surface area contributed by atoms with Crippen molar-refractivity contribution >= 4 is 40.4 Å². The zero-order valence-electron chi connectivity index (χ0n) is 18.5. The van der Waals surface area contributed by atoms with Crippen LogP contribution >= 0.6 is 0 Å². The van der Waals surface area contributed by atoms with Crippen molar-refractivity contribution in [1.29, 1.82) is 0 Å². The van der Waals surface area contributed by atoms with Crippen molar-refractivity contribution in [2.45, 2.75) is 0 Å². The molecule has 1 N–H and O–H groups in total. The average molecular weight is 437 g/mol. The molecule has 0 fully saturated rings. The van der Waals surface area contributed by atoms with Gasteiger partial charge in [0.25, 0.3) is 5.56 Å². The number of aromatic amines is 1. The Labute approximate surface area is 191 Å². The van der Waals surface area contributed by atoms with Gasteiger partial charge in [-0.1, -0.05) is 48.5 Å². The van der Waals surface area contributed by atoms with Crippen LogP contribution in [0, 0.1) is 0 Å². The van der Waals surface area contributed by atoms with E-state index in [1.807, 2.05) is 91.1 Å². The molecule has 2 heterocycles. The molecule has 0 saturated heterocycles. The first kappa shape index (κ1) is 21.8. The number of H-pyrrole nitrogens is 1. The van der Waals surface area contributed by atoms with Crippen LogP contribution in [0.4, 0.5) is 0 Å². The van der Waals surface area contributed by atoms with Crippen molar-refractivity contribution in [3.8, 4) is 5.69 Å². The van der Waals surface area contributed by atoms with Gasteiger partial charge >= 0.3 is 0 Å². The lowest BCUT2D eigenvalue weighted by Gasteiger charge is -2.11. The van der Waals surface area contributed by atoms with Gasteiger partial charge in [0.2, 0.25) is 6.41 Å². The Morgan fingerprint density at radius 1 is 0.848 bits per heavy atom. The predicted molar refractivity (Wildman–Crippen MR) is 134 cm³/mol. The number of carbonyl (C=O) groups is 1. The number of nitrogens with one attached hydrogen (secondary N) is 1. The second-order valence-electron chi connectivity index (χ2n) is 7.66. The van der Waals surface area contributed by atoms with Gasteiger partial charge in [-0.25, -0.2) is 4.98 Å². The van der Waals surface area contributed by atoms with Crippen LogP contribution in [0.3, 0.4) is 0 Å². The second-order valence-corrected chi connectivity index (χ2v) is 7.66. The van der Waals surface area contributed by atoms with Gasteiger partial charge in [0, 0.05) is 31.2 Å². The van der Waals surface area contributed by atoms with E-state index >= 15 is 0 Å². The largest absolute Gasteiger partial charge is 0.361 e. The Morgan fingerprint density at radius 2 is 1.48 bits per heavy atom. The first-order chi connectivity index (χ1) is 16.1. The molecule has 33 heavy (non-hydrogen) atoms. The van der Waals surface area contributed by atoms with E-state index in [0.717, 1.165) is 28.6 Å². The summed E-state index contributed by atoms with van der Waals surface area (Å²) in [6, 6.07) is 25.2. The minimum absolute atomic E-state index is 0.0737. The summed E-state index contributed by atoms with van der Waals surface area (Å²) in [5, 5.41) is 1.74. The fourth-order valence-corrected chi connectivity index (χ4v) is 3.48. The average Bonchev–Trinajstić information content (AvgIpc) is 3.27. The van der Waals surface area contributed by atoms with E-state index < -0.39 is 0 Å². The topological polar surface area (TPSA) is 71.0 Å². The first-order valence-corrected chi connectivity index (χ1v) is 10.5. The van der Waals surface area contributed by atoms with E-state index in [4.69, 9.17) is 4.98 Å². The van der Waals surface area contributed by atoms with Crippen LogP contribution in [0.25, 0.3) is 39.6 Å². The Morgan fingerprint density at radius 3 is 2.21 bits per heavy atom. The molecule has 0 atom stereocenters. The second kappa shape index (κ2) is 9.78. The van der Waals surface area contributed by atoms with Crippen LogP contribution in [-0.4, -0.2) is 39.9 Å². The molecule has 5 aromatic rings. The van der Waals surface area contributed by atoms with Crippen molar-refractivity contribution in [3.05, 3.63) is 107 Å². The number of rotatable bonds is 4. The number of hydrogen-bond acceptors (Lipinski definition) is 3. The monoisotopic (exact) mass is 436 g/mol. The zero-order chi connectivity index (χ0) is 23.2. The van der Waals surface area contributed by atoms with Gasteiger partial charge in [-0.05, 0) is 48.0 Å². The number of hydrogen-bond donors (Lipinski definition) is 1. The summed E-state index contributed by atoms with van der Waals surface area (Å²) in [6.45, 7) is 0. The number of benzene rings is 3. The van der Waals surface area contributed by atoms with Crippen LogP contribution in [0.5, 0.6) is 0 Å². The maximum absolute atomic E-state index is 13.2. The van der Waals surface area contributed by atoms with Gasteiger partial charge in [0.05, 0.1) is 16.6 Å². The van der Waals surface area contributed by atoms with E-state index in [0.29, 0.717) is 16.7 Å². The van der Waals surface area contributed by atoms with E-state index in [2.05, 4.69) is 11.1 Å². The zero-order valence-corrected chi connectivity index (χ0v) is 18.5. The van der Waals surface area contributed by atoms with Gasteiger partial charge in [-0.3, -0.25) is 14.2 Å². The fourth-order valence-electron chi connectivity index (χ4n) is 3.48. The van der Waals surface area contributed by atoms with Gasteiger partial charge in [0.15, 0.2) is 0 Å².